The van der Waals surface area contributed by atoms with Gasteiger partial charge in [-0.2, -0.15) is 10.2 Å². The molecule has 0 saturated carbocycles. The van der Waals surface area contributed by atoms with E-state index in [0.29, 0.717) is 11.1 Å². The van der Waals surface area contributed by atoms with Gasteiger partial charge in [0.05, 0.1) is 12.4 Å². The van der Waals surface area contributed by atoms with E-state index in [0.717, 1.165) is 0 Å². The van der Waals surface area contributed by atoms with Crippen molar-refractivity contribution in [3.05, 3.63) is 59.7 Å². The lowest BCUT2D eigenvalue weighted by atomic mass is 10.2. The minimum atomic E-state index is -0.405. The van der Waals surface area contributed by atoms with Crippen molar-refractivity contribution in [2.45, 2.75) is 12.8 Å². The molecule has 2 amide bonds. The Balaban J connectivity index is 1.67. The van der Waals surface area contributed by atoms with Crippen LogP contribution in [0.3, 0.4) is 0 Å². The summed E-state index contributed by atoms with van der Waals surface area (Å²) >= 11 is 0. The second kappa shape index (κ2) is 9.58. The quantitative estimate of drug-likeness (QED) is 0.444. The van der Waals surface area contributed by atoms with Crippen molar-refractivity contribution in [2.75, 3.05) is 0 Å². The molecule has 0 heterocycles. The topological polar surface area (TPSA) is 123 Å². The minimum Gasteiger partial charge on any atom is -0.508 e. The molecule has 0 saturated heterocycles. The molecule has 134 valence electrons. The lowest BCUT2D eigenvalue weighted by Gasteiger charge is -2.00. The minimum absolute atomic E-state index is 0.0342. The first-order valence-electron chi connectivity index (χ1n) is 7.75. The first-order chi connectivity index (χ1) is 12.5. The second-order valence-corrected chi connectivity index (χ2v) is 5.27. The van der Waals surface area contributed by atoms with E-state index in [1.54, 1.807) is 24.3 Å². The summed E-state index contributed by atoms with van der Waals surface area (Å²) in [6.45, 7) is 0. The van der Waals surface area contributed by atoms with Crippen molar-refractivity contribution in [3.8, 4) is 11.5 Å². The van der Waals surface area contributed by atoms with Crippen molar-refractivity contribution in [3.63, 3.8) is 0 Å². The molecular weight excluding hydrogens is 336 g/mol. The molecule has 0 aliphatic carbocycles. The van der Waals surface area contributed by atoms with Crippen LogP contribution < -0.4 is 10.9 Å². The third kappa shape index (κ3) is 6.83. The van der Waals surface area contributed by atoms with Crippen LogP contribution >= 0.6 is 0 Å². The van der Waals surface area contributed by atoms with E-state index in [-0.39, 0.29) is 24.3 Å². The van der Waals surface area contributed by atoms with Crippen LogP contribution in [0.2, 0.25) is 0 Å². The number of rotatable bonds is 7. The van der Waals surface area contributed by atoms with E-state index in [9.17, 15) is 9.59 Å². The maximum Gasteiger partial charge on any atom is 0.240 e. The number of aromatic hydroxyl groups is 2. The van der Waals surface area contributed by atoms with Crippen LogP contribution in [0.5, 0.6) is 11.5 Å². The molecule has 2 aromatic rings. The largest absolute Gasteiger partial charge is 0.508 e. The number of phenolic OH excluding ortho intramolecular Hbond substituents is 2. The molecule has 0 aliphatic rings. The van der Waals surface area contributed by atoms with Crippen LogP contribution in [0.4, 0.5) is 0 Å². The maximum atomic E-state index is 11.6. The van der Waals surface area contributed by atoms with Gasteiger partial charge in [0, 0.05) is 12.8 Å². The van der Waals surface area contributed by atoms with Crippen LogP contribution in [0, 0.1) is 0 Å². The van der Waals surface area contributed by atoms with Crippen molar-refractivity contribution >= 4 is 24.2 Å². The molecule has 2 aromatic carbocycles. The summed E-state index contributed by atoms with van der Waals surface area (Å²) in [7, 11) is 0. The molecule has 26 heavy (non-hydrogen) atoms. The van der Waals surface area contributed by atoms with Gasteiger partial charge in [0.25, 0.3) is 0 Å². The fraction of sp³-hybridized carbons (Fsp3) is 0.111. The Hall–Kier alpha value is -3.68. The van der Waals surface area contributed by atoms with E-state index in [2.05, 4.69) is 21.1 Å². The molecule has 0 unspecified atom stereocenters. The predicted molar refractivity (Wildman–Crippen MR) is 96.9 cm³/mol. The van der Waals surface area contributed by atoms with Crippen LogP contribution in [-0.2, 0) is 9.59 Å². The van der Waals surface area contributed by atoms with Gasteiger partial charge >= 0.3 is 0 Å². The van der Waals surface area contributed by atoms with Crippen molar-refractivity contribution < 1.29 is 19.8 Å². The van der Waals surface area contributed by atoms with Gasteiger partial charge in [0.1, 0.15) is 11.5 Å². The molecule has 0 aliphatic heterocycles. The van der Waals surface area contributed by atoms with Gasteiger partial charge in [-0.05, 0) is 59.7 Å². The SMILES string of the molecule is O=C(CCC(=O)N/N=C/c1ccc(O)cc1)N/N=C/c1ccc(O)cc1. The summed E-state index contributed by atoms with van der Waals surface area (Å²) in [4.78, 5) is 23.2. The average Bonchev–Trinajstić information content (AvgIpc) is 2.63. The first-order valence-corrected chi connectivity index (χ1v) is 7.75. The number of carbonyl (C=O) groups is 2. The first kappa shape index (κ1) is 18.7. The molecule has 0 spiro atoms. The number of hydrazone groups is 2. The Labute approximate surface area is 149 Å². The van der Waals surface area contributed by atoms with Crippen LogP contribution in [0.1, 0.15) is 24.0 Å². The number of benzene rings is 2. The third-order valence-electron chi connectivity index (χ3n) is 3.17. The zero-order valence-corrected chi connectivity index (χ0v) is 13.8. The van der Waals surface area contributed by atoms with E-state index < -0.39 is 11.8 Å². The summed E-state index contributed by atoms with van der Waals surface area (Å²) in [6.07, 6.45) is 2.79. The smallest absolute Gasteiger partial charge is 0.240 e. The van der Waals surface area contributed by atoms with Crippen LogP contribution in [0.25, 0.3) is 0 Å². The number of phenols is 2. The van der Waals surface area contributed by atoms with Gasteiger partial charge in [0.15, 0.2) is 0 Å². The molecular formula is C18H18N4O4. The lowest BCUT2D eigenvalue weighted by Crippen LogP contribution is -2.22. The Morgan fingerprint density at radius 3 is 1.42 bits per heavy atom. The van der Waals surface area contributed by atoms with Gasteiger partial charge in [-0.1, -0.05) is 0 Å². The molecule has 0 aromatic heterocycles. The maximum absolute atomic E-state index is 11.6. The van der Waals surface area contributed by atoms with E-state index >= 15 is 0 Å². The lowest BCUT2D eigenvalue weighted by molar-refractivity contribution is -0.126. The standard InChI is InChI=1S/C18H18N4O4/c23-15-5-1-13(2-6-15)11-19-21-17(25)9-10-18(26)22-20-12-14-3-7-16(24)8-4-14/h1-8,11-12,23-24H,9-10H2,(H,21,25)(H,22,26)/b19-11+,20-12+. The van der Waals surface area contributed by atoms with Gasteiger partial charge in [0.2, 0.25) is 11.8 Å². The van der Waals surface area contributed by atoms with Crippen LogP contribution in [-0.4, -0.2) is 34.5 Å². The highest BCUT2D eigenvalue weighted by Crippen LogP contribution is 2.08. The fourth-order valence-corrected chi connectivity index (χ4v) is 1.82. The van der Waals surface area contributed by atoms with Gasteiger partial charge in [-0.3, -0.25) is 9.59 Å². The van der Waals surface area contributed by atoms with Crippen molar-refractivity contribution in [1.29, 1.82) is 0 Å². The monoisotopic (exact) mass is 354 g/mol. The van der Waals surface area contributed by atoms with E-state index in [1.165, 1.54) is 36.7 Å². The molecule has 0 fully saturated rings. The van der Waals surface area contributed by atoms with Gasteiger partial charge in [-0.15, -0.1) is 0 Å². The molecule has 4 N–H and O–H groups in total. The number of amides is 2. The predicted octanol–water partition coefficient (Wildman–Crippen LogP) is 1.48. The molecule has 0 bridgehead atoms. The molecule has 2 rings (SSSR count). The molecule has 8 heteroatoms. The van der Waals surface area contributed by atoms with Crippen LogP contribution in [0.15, 0.2) is 58.7 Å². The highest BCUT2D eigenvalue weighted by molar-refractivity contribution is 5.86. The Morgan fingerprint density at radius 1 is 0.731 bits per heavy atom. The van der Waals surface area contributed by atoms with Gasteiger partial charge in [-0.25, -0.2) is 10.9 Å². The van der Waals surface area contributed by atoms with E-state index in [1.807, 2.05) is 0 Å². The number of nitrogens with zero attached hydrogens (tertiary/aromatic N) is 2. The summed E-state index contributed by atoms with van der Waals surface area (Å²) in [6, 6.07) is 12.6. The highest BCUT2D eigenvalue weighted by Gasteiger charge is 2.05. The fourth-order valence-electron chi connectivity index (χ4n) is 1.82. The Morgan fingerprint density at radius 2 is 1.08 bits per heavy atom. The summed E-state index contributed by atoms with van der Waals surface area (Å²) in [5, 5.41) is 25.9. The second-order valence-electron chi connectivity index (χ2n) is 5.27. The summed E-state index contributed by atoms with van der Waals surface area (Å²) in [5.41, 5.74) is 6.05. The van der Waals surface area contributed by atoms with Gasteiger partial charge < -0.3 is 10.2 Å². The number of nitrogens with one attached hydrogen (secondary N) is 2. The third-order valence-corrected chi connectivity index (χ3v) is 3.17. The normalized spacial score (nSPS) is 10.9. The zero-order valence-electron chi connectivity index (χ0n) is 13.8. The average molecular weight is 354 g/mol. The number of hydrogen-bond acceptors (Lipinski definition) is 6. The molecule has 0 radical (unpaired) electrons. The zero-order chi connectivity index (χ0) is 18.8. The summed E-state index contributed by atoms with van der Waals surface area (Å²) < 4.78 is 0. The van der Waals surface area contributed by atoms with Crippen molar-refractivity contribution in [2.24, 2.45) is 10.2 Å². The Bertz CT molecular complexity index is 729. The van der Waals surface area contributed by atoms with Crippen molar-refractivity contribution in [1.82, 2.24) is 10.9 Å². The van der Waals surface area contributed by atoms with E-state index in [4.69, 9.17) is 10.2 Å². The molecule has 8 nitrogen and oxygen atoms in total. The summed E-state index contributed by atoms with van der Waals surface area (Å²) in [5.74, 6) is -0.522. The Kier molecular flexibility index (Phi) is 6.87. The number of carbonyl (C=O) groups excluding carboxylic acids is 2. The number of hydrogen-bond donors (Lipinski definition) is 4. The molecule has 0 atom stereocenters. The highest BCUT2D eigenvalue weighted by atomic mass is 16.3.